The van der Waals surface area contributed by atoms with Crippen molar-refractivity contribution in [2.24, 2.45) is 5.41 Å². The van der Waals surface area contributed by atoms with Gasteiger partial charge in [-0.15, -0.1) is 0 Å². The Balaban J connectivity index is 1.67. The summed E-state index contributed by atoms with van der Waals surface area (Å²) in [4.78, 5) is 43.0. The molecule has 0 bridgehead atoms. The predicted octanol–water partition coefficient (Wildman–Crippen LogP) is 4.42. The van der Waals surface area contributed by atoms with Crippen LogP contribution in [-0.2, 0) is 14.4 Å². The first-order valence-electron chi connectivity index (χ1n) is 14.3. The fourth-order valence-corrected chi connectivity index (χ4v) is 5.40. The SMILES string of the molecule is CN[C@@H](C)C(=O)N[C@H](C(=O)N1C[C@H](c2ccccc2)C[C@H]1C(=O)NC(c1ccccc1)c1ccccc1)C(C)(C)C. The molecule has 0 unspecified atom stereocenters. The van der Waals surface area contributed by atoms with Gasteiger partial charge in [-0.1, -0.05) is 112 Å². The molecule has 4 atom stereocenters. The van der Waals surface area contributed by atoms with Gasteiger partial charge in [-0.25, -0.2) is 0 Å². The lowest BCUT2D eigenvalue weighted by Crippen LogP contribution is -2.59. The van der Waals surface area contributed by atoms with E-state index in [4.69, 9.17) is 0 Å². The standard InChI is InChI=1S/C34H42N4O3/c1-23(35-5)31(39)37-30(34(2,3)4)33(41)38-22-27(24-15-9-6-10-16-24)21-28(38)32(40)36-29(25-17-11-7-12-18-25)26-19-13-8-14-20-26/h6-20,23,27-30,35H,21-22H2,1-5H3,(H,36,40)(H,37,39)/t23-,27+,28-,30+/m0/s1. The van der Waals surface area contributed by atoms with Crippen LogP contribution in [-0.4, -0.2) is 54.3 Å². The third-order valence-corrected chi connectivity index (χ3v) is 7.94. The fraction of sp³-hybridized carbons (Fsp3) is 0.382. The van der Waals surface area contributed by atoms with E-state index in [0.29, 0.717) is 13.0 Å². The van der Waals surface area contributed by atoms with Crippen molar-refractivity contribution in [3.8, 4) is 0 Å². The maximum Gasteiger partial charge on any atom is 0.246 e. The summed E-state index contributed by atoms with van der Waals surface area (Å²) < 4.78 is 0. The van der Waals surface area contributed by atoms with Gasteiger partial charge in [0.1, 0.15) is 12.1 Å². The number of carbonyl (C=O) groups is 3. The monoisotopic (exact) mass is 554 g/mol. The zero-order chi connectivity index (χ0) is 29.6. The van der Waals surface area contributed by atoms with Crippen LogP contribution in [0.4, 0.5) is 0 Å². The summed E-state index contributed by atoms with van der Waals surface area (Å²) in [6.45, 7) is 7.94. The molecule has 3 aromatic rings. The average Bonchev–Trinajstić information content (AvgIpc) is 3.44. The Bertz CT molecular complexity index is 1270. The Kier molecular flexibility index (Phi) is 9.61. The number of nitrogens with one attached hydrogen (secondary N) is 3. The number of hydrogen-bond acceptors (Lipinski definition) is 4. The van der Waals surface area contributed by atoms with Gasteiger partial charge in [-0.05, 0) is 42.5 Å². The molecule has 1 heterocycles. The molecule has 7 nitrogen and oxygen atoms in total. The predicted molar refractivity (Wildman–Crippen MR) is 162 cm³/mol. The molecule has 1 aliphatic heterocycles. The lowest BCUT2D eigenvalue weighted by atomic mass is 9.85. The van der Waals surface area contributed by atoms with Crippen molar-refractivity contribution in [3.05, 3.63) is 108 Å². The molecule has 41 heavy (non-hydrogen) atoms. The maximum absolute atomic E-state index is 14.3. The third-order valence-electron chi connectivity index (χ3n) is 7.94. The first kappa shape index (κ1) is 30.0. The van der Waals surface area contributed by atoms with E-state index in [0.717, 1.165) is 16.7 Å². The minimum atomic E-state index is -0.797. The molecule has 0 saturated carbocycles. The molecule has 7 heteroatoms. The molecule has 3 amide bonds. The average molecular weight is 555 g/mol. The second-order valence-corrected chi connectivity index (χ2v) is 11.9. The first-order valence-corrected chi connectivity index (χ1v) is 14.3. The normalized spacial score (nSPS) is 18.5. The van der Waals surface area contributed by atoms with Crippen LogP contribution in [0.25, 0.3) is 0 Å². The van der Waals surface area contributed by atoms with Gasteiger partial charge in [-0.2, -0.15) is 0 Å². The Morgan fingerprint density at radius 2 is 1.32 bits per heavy atom. The molecule has 4 rings (SSSR count). The highest BCUT2D eigenvalue weighted by Crippen LogP contribution is 2.35. The van der Waals surface area contributed by atoms with Crippen LogP contribution < -0.4 is 16.0 Å². The summed E-state index contributed by atoms with van der Waals surface area (Å²) in [5.41, 5.74) is 2.44. The van der Waals surface area contributed by atoms with Gasteiger partial charge in [0.15, 0.2) is 0 Å². The van der Waals surface area contributed by atoms with Crippen molar-refractivity contribution in [3.63, 3.8) is 0 Å². The molecule has 1 aliphatic rings. The van der Waals surface area contributed by atoms with Gasteiger partial charge in [0.25, 0.3) is 0 Å². The van der Waals surface area contributed by atoms with Gasteiger partial charge in [-0.3, -0.25) is 14.4 Å². The van der Waals surface area contributed by atoms with Crippen LogP contribution >= 0.6 is 0 Å². The highest BCUT2D eigenvalue weighted by Gasteiger charge is 2.45. The van der Waals surface area contributed by atoms with E-state index in [9.17, 15) is 14.4 Å². The minimum absolute atomic E-state index is 0.00430. The summed E-state index contributed by atoms with van der Waals surface area (Å²) in [6.07, 6.45) is 0.496. The Morgan fingerprint density at radius 1 is 0.805 bits per heavy atom. The molecule has 1 fully saturated rings. The van der Waals surface area contributed by atoms with E-state index in [1.54, 1.807) is 18.9 Å². The molecule has 0 radical (unpaired) electrons. The topological polar surface area (TPSA) is 90.5 Å². The van der Waals surface area contributed by atoms with Crippen molar-refractivity contribution >= 4 is 17.7 Å². The van der Waals surface area contributed by atoms with Gasteiger partial charge >= 0.3 is 0 Å². The Morgan fingerprint density at radius 3 is 1.80 bits per heavy atom. The van der Waals surface area contributed by atoms with Crippen LogP contribution in [0, 0.1) is 5.41 Å². The zero-order valence-electron chi connectivity index (χ0n) is 24.6. The molecule has 0 spiro atoms. The molecular weight excluding hydrogens is 512 g/mol. The molecule has 3 N–H and O–H groups in total. The smallest absolute Gasteiger partial charge is 0.246 e. The number of likely N-dealkylation sites (N-methyl/N-ethyl adjacent to an activating group) is 1. The van der Waals surface area contributed by atoms with Crippen LogP contribution in [0.3, 0.4) is 0 Å². The van der Waals surface area contributed by atoms with Crippen molar-refractivity contribution in [2.45, 2.75) is 64.2 Å². The molecule has 3 aromatic carbocycles. The van der Waals surface area contributed by atoms with E-state index >= 15 is 0 Å². The van der Waals surface area contributed by atoms with E-state index in [1.807, 2.05) is 112 Å². The van der Waals surface area contributed by atoms with E-state index in [-0.39, 0.29) is 29.7 Å². The summed E-state index contributed by atoms with van der Waals surface area (Å²) in [7, 11) is 1.71. The molecule has 216 valence electrons. The second kappa shape index (κ2) is 13.1. The number of rotatable bonds is 9. The number of hydrogen-bond donors (Lipinski definition) is 3. The fourth-order valence-electron chi connectivity index (χ4n) is 5.40. The van der Waals surface area contributed by atoms with Crippen LogP contribution in [0.2, 0.25) is 0 Å². The van der Waals surface area contributed by atoms with E-state index in [1.165, 1.54) is 0 Å². The molecular formula is C34H42N4O3. The molecule has 1 saturated heterocycles. The quantitative estimate of drug-likeness (QED) is 0.365. The van der Waals surface area contributed by atoms with Crippen LogP contribution in [0.1, 0.15) is 62.8 Å². The zero-order valence-corrected chi connectivity index (χ0v) is 24.6. The lowest BCUT2D eigenvalue weighted by Gasteiger charge is -2.36. The third kappa shape index (κ3) is 7.22. The minimum Gasteiger partial charge on any atom is -0.343 e. The van der Waals surface area contributed by atoms with Crippen LogP contribution in [0.15, 0.2) is 91.0 Å². The van der Waals surface area contributed by atoms with Crippen molar-refractivity contribution in [1.82, 2.24) is 20.9 Å². The van der Waals surface area contributed by atoms with Crippen molar-refractivity contribution in [2.75, 3.05) is 13.6 Å². The van der Waals surface area contributed by atoms with E-state index < -0.39 is 23.5 Å². The second-order valence-electron chi connectivity index (χ2n) is 11.9. The number of likely N-dealkylation sites (tertiary alicyclic amines) is 1. The summed E-state index contributed by atoms with van der Waals surface area (Å²) in [5.74, 6) is -0.718. The Hall–Kier alpha value is -3.97. The van der Waals surface area contributed by atoms with Gasteiger partial charge in [0.05, 0.1) is 12.1 Å². The van der Waals surface area contributed by atoms with Gasteiger partial charge in [0.2, 0.25) is 17.7 Å². The van der Waals surface area contributed by atoms with Crippen LogP contribution in [0.5, 0.6) is 0 Å². The highest BCUT2D eigenvalue weighted by molar-refractivity contribution is 5.94. The van der Waals surface area contributed by atoms with Crippen molar-refractivity contribution in [1.29, 1.82) is 0 Å². The summed E-state index contributed by atoms with van der Waals surface area (Å²) >= 11 is 0. The van der Waals surface area contributed by atoms with E-state index in [2.05, 4.69) is 16.0 Å². The lowest BCUT2D eigenvalue weighted by molar-refractivity contribution is -0.144. The Labute approximate surface area is 243 Å². The molecule has 0 aromatic heterocycles. The number of carbonyl (C=O) groups excluding carboxylic acids is 3. The number of nitrogens with zero attached hydrogens (tertiary/aromatic N) is 1. The summed E-state index contributed by atoms with van der Waals surface area (Å²) in [6, 6.07) is 27.4. The summed E-state index contributed by atoms with van der Waals surface area (Å²) in [5, 5.41) is 9.17. The number of amides is 3. The van der Waals surface area contributed by atoms with Crippen molar-refractivity contribution < 1.29 is 14.4 Å². The highest BCUT2D eigenvalue weighted by atomic mass is 16.2. The maximum atomic E-state index is 14.3. The van der Waals surface area contributed by atoms with Gasteiger partial charge < -0.3 is 20.9 Å². The van der Waals surface area contributed by atoms with Gasteiger partial charge in [0, 0.05) is 12.5 Å². The number of benzene rings is 3. The largest absolute Gasteiger partial charge is 0.343 e. The first-order chi connectivity index (χ1) is 19.6. The molecule has 0 aliphatic carbocycles.